The van der Waals surface area contributed by atoms with E-state index in [0.29, 0.717) is 6.61 Å². The highest BCUT2D eigenvalue weighted by Crippen LogP contribution is 2.56. The molecule has 126 valence electrons. The van der Waals surface area contributed by atoms with Crippen LogP contribution in [0.4, 0.5) is 0 Å². The van der Waals surface area contributed by atoms with Crippen molar-refractivity contribution in [3.63, 3.8) is 0 Å². The zero-order valence-corrected chi connectivity index (χ0v) is 16.8. The summed E-state index contributed by atoms with van der Waals surface area (Å²) in [6.45, 7) is 18.4. The van der Waals surface area contributed by atoms with Gasteiger partial charge in [0.15, 0.2) is 0 Å². The first-order valence-electron chi connectivity index (χ1n) is 8.62. The lowest BCUT2D eigenvalue weighted by Crippen LogP contribution is -2.48. The second-order valence-electron chi connectivity index (χ2n) is 8.42. The summed E-state index contributed by atoms with van der Waals surface area (Å²) in [4.78, 5) is 12.5. The van der Waals surface area contributed by atoms with Gasteiger partial charge in [-0.15, -0.1) is 0 Å². The van der Waals surface area contributed by atoms with Crippen LogP contribution in [0.3, 0.4) is 0 Å². The van der Waals surface area contributed by atoms with Gasteiger partial charge in [-0.1, -0.05) is 66.3 Å². The number of ether oxygens (including phenoxy) is 1. The summed E-state index contributed by atoms with van der Waals surface area (Å²) >= 11 is 0. The lowest BCUT2D eigenvalue weighted by atomic mass is 10.0. The monoisotopic (exact) mass is 322 g/mol. The Morgan fingerprint density at radius 1 is 1.05 bits per heavy atom. The van der Waals surface area contributed by atoms with Crippen molar-refractivity contribution in [1.82, 2.24) is 0 Å². The maximum absolute atomic E-state index is 12.5. The Hall–Kier alpha value is -0.833. The summed E-state index contributed by atoms with van der Waals surface area (Å²) in [7, 11) is -1.93. The summed E-state index contributed by atoms with van der Waals surface area (Å²) < 4.78 is 5.33. The van der Waals surface area contributed by atoms with Crippen LogP contribution in [0.15, 0.2) is 22.5 Å². The van der Waals surface area contributed by atoms with Gasteiger partial charge >= 0.3 is 5.97 Å². The molecule has 1 rings (SSSR count). The number of rotatable bonds is 5. The molecule has 0 amide bonds. The molecular formula is C19H34O2Si. The van der Waals surface area contributed by atoms with Crippen LogP contribution in [0.25, 0.3) is 0 Å². The van der Waals surface area contributed by atoms with Crippen molar-refractivity contribution in [2.45, 2.75) is 84.7 Å². The van der Waals surface area contributed by atoms with Crippen LogP contribution in [0.5, 0.6) is 0 Å². The van der Waals surface area contributed by atoms with Crippen LogP contribution in [0.2, 0.25) is 10.1 Å². The maximum Gasteiger partial charge on any atom is 0.337 e. The van der Waals surface area contributed by atoms with Crippen LogP contribution in [0, 0.1) is 0 Å². The van der Waals surface area contributed by atoms with E-state index in [1.165, 1.54) is 5.57 Å². The first kappa shape index (κ1) is 19.2. The van der Waals surface area contributed by atoms with Crippen LogP contribution >= 0.6 is 0 Å². The molecule has 0 radical (unpaired) electrons. The molecule has 1 aliphatic rings. The van der Waals surface area contributed by atoms with Crippen LogP contribution in [0.1, 0.15) is 74.7 Å². The number of unbranched alkanes of at least 4 members (excludes halogenated alkanes) is 1. The average molecular weight is 323 g/mol. The highest BCUT2D eigenvalue weighted by Gasteiger charge is 2.53. The first-order valence-corrected chi connectivity index (χ1v) is 10.8. The van der Waals surface area contributed by atoms with Gasteiger partial charge in [0.05, 0.1) is 12.2 Å². The van der Waals surface area contributed by atoms with E-state index in [9.17, 15) is 4.79 Å². The van der Waals surface area contributed by atoms with Crippen molar-refractivity contribution in [2.24, 2.45) is 0 Å². The van der Waals surface area contributed by atoms with Crippen LogP contribution < -0.4 is 0 Å². The number of carbonyl (C=O) groups excluding carboxylic acids is 1. The van der Waals surface area contributed by atoms with Gasteiger partial charge in [-0.25, -0.2) is 4.79 Å². The Bertz CT molecular complexity index is 459. The Morgan fingerprint density at radius 3 is 2.00 bits per heavy atom. The Labute approximate surface area is 138 Å². The van der Waals surface area contributed by atoms with E-state index in [1.807, 2.05) is 6.92 Å². The quantitative estimate of drug-likeness (QED) is 0.477. The summed E-state index contributed by atoms with van der Waals surface area (Å²) in [5.41, 5.74) is 6.91. The molecule has 0 aliphatic carbocycles. The van der Waals surface area contributed by atoms with Gasteiger partial charge in [-0.05, 0) is 35.4 Å². The smallest absolute Gasteiger partial charge is 0.337 e. The van der Waals surface area contributed by atoms with E-state index in [2.05, 4.69) is 59.9 Å². The zero-order chi connectivity index (χ0) is 17.2. The van der Waals surface area contributed by atoms with Gasteiger partial charge in [0.25, 0.3) is 0 Å². The number of carbonyl (C=O) groups is 1. The molecule has 0 unspecified atom stereocenters. The van der Waals surface area contributed by atoms with E-state index in [1.54, 1.807) is 0 Å². The van der Waals surface area contributed by atoms with Crippen molar-refractivity contribution < 1.29 is 9.53 Å². The SMILES string of the molecule is CCCCC1=C[Si](C(C)(C)C)(C(C)(C)C)C=C1C(=O)OCC. The van der Waals surface area contributed by atoms with Gasteiger partial charge < -0.3 is 4.74 Å². The molecule has 0 N–H and O–H groups in total. The molecule has 22 heavy (non-hydrogen) atoms. The third-order valence-electron chi connectivity index (χ3n) is 4.90. The minimum atomic E-state index is -1.93. The molecule has 1 heterocycles. The van der Waals surface area contributed by atoms with E-state index in [4.69, 9.17) is 4.74 Å². The third kappa shape index (κ3) is 3.56. The molecule has 0 spiro atoms. The van der Waals surface area contributed by atoms with Crippen molar-refractivity contribution in [1.29, 1.82) is 0 Å². The fourth-order valence-corrected chi connectivity index (χ4v) is 9.35. The van der Waals surface area contributed by atoms with Crippen LogP contribution in [-0.4, -0.2) is 20.7 Å². The minimum absolute atomic E-state index is 0.132. The summed E-state index contributed by atoms with van der Waals surface area (Å²) in [6, 6.07) is 0. The molecular weight excluding hydrogens is 288 g/mol. The number of hydrogen-bond donors (Lipinski definition) is 0. The van der Waals surface area contributed by atoms with Crippen molar-refractivity contribution in [3.05, 3.63) is 22.5 Å². The Balaban J connectivity index is 3.41. The van der Waals surface area contributed by atoms with Crippen molar-refractivity contribution in [3.8, 4) is 0 Å². The van der Waals surface area contributed by atoms with Crippen molar-refractivity contribution in [2.75, 3.05) is 6.61 Å². The van der Waals surface area contributed by atoms with Gasteiger partial charge in [-0.3, -0.25) is 0 Å². The number of hydrogen-bond acceptors (Lipinski definition) is 2. The van der Waals surface area contributed by atoms with Gasteiger partial charge in [0, 0.05) is 0 Å². The molecule has 2 nitrogen and oxygen atoms in total. The fraction of sp³-hybridized carbons (Fsp3) is 0.737. The predicted octanol–water partition coefficient (Wildman–Crippen LogP) is 5.73. The first-order chi connectivity index (χ1) is 10.00. The van der Waals surface area contributed by atoms with Gasteiger partial charge in [0.1, 0.15) is 8.07 Å². The zero-order valence-electron chi connectivity index (χ0n) is 15.8. The molecule has 1 aliphatic heterocycles. The minimum Gasteiger partial charge on any atom is -0.462 e. The predicted molar refractivity (Wildman–Crippen MR) is 97.5 cm³/mol. The van der Waals surface area contributed by atoms with E-state index < -0.39 is 8.07 Å². The van der Waals surface area contributed by atoms with Crippen LogP contribution in [-0.2, 0) is 9.53 Å². The molecule has 0 aromatic heterocycles. The normalized spacial score (nSPS) is 18.0. The molecule has 0 aromatic carbocycles. The summed E-state index contributed by atoms with van der Waals surface area (Å²) in [6.07, 6.45) is 3.26. The molecule has 0 bridgehead atoms. The van der Waals surface area contributed by atoms with E-state index >= 15 is 0 Å². The highest BCUT2D eigenvalue weighted by molar-refractivity contribution is 6.95. The average Bonchev–Trinajstić information content (AvgIpc) is 2.76. The largest absolute Gasteiger partial charge is 0.462 e. The standard InChI is InChI=1S/C19H34O2Si/c1-9-11-12-15-13-22(18(3,4)5,19(6,7)8)14-16(15)17(20)21-10-2/h13-14H,9-12H2,1-8H3. The Morgan fingerprint density at radius 2 is 1.59 bits per heavy atom. The molecule has 0 aromatic rings. The van der Waals surface area contributed by atoms with Gasteiger partial charge in [0.2, 0.25) is 0 Å². The molecule has 0 fully saturated rings. The fourth-order valence-electron chi connectivity index (χ4n) is 3.68. The lowest BCUT2D eigenvalue weighted by molar-refractivity contribution is -0.138. The second kappa shape index (κ2) is 6.73. The maximum atomic E-state index is 12.5. The highest BCUT2D eigenvalue weighted by atomic mass is 28.3. The molecule has 0 saturated heterocycles. The summed E-state index contributed by atoms with van der Waals surface area (Å²) in [5.74, 6) is -0.132. The summed E-state index contributed by atoms with van der Waals surface area (Å²) in [5, 5.41) is 0.355. The molecule has 0 atom stereocenters. The van der Waals surface area contributed by atoms with E-state index in [0.717, 1.165) is 24.8 Å². The number of esters is 1. The topological polar surface area (TPSA) is 26.3 Å². The van der Waals surface area contributed by atoms with Crippen molar-refractivity contribution >= 4 is 14.0 Å². The molecule has 3 heteroatoms. The van der Waals surface area contributed by atoms with E-state index in [-0.39, 0.29) is 16.0 Å². The Kier molecular flexibility index (Phi) is 5.88. The molecule has 0 saturated carbocycles. The van der Waals surface area contributed by atoms with Gasteiger partial charge in [-0.2, -0.15) is 0 Å². The second-order valence-corrected chi connectivity index (χ2v) is 13.7. The lowest BCUT2D eigenvalue weighted by Gasteiger charge is -2.47. The third-order valence-corrected chi connectivity index (χ3v) is 11.4.